The van der Waals surface area contributed by atoms with E-state index >= 15 is 0 Å². The molecule has 51 heavy (non-hydrogen) atoms. The summed E-state index contributed by atoms with van der Waals surface area (Å²) in [5.41, 5.74) is 4.97. The molecule has 1 aliphatic rings. The standard InChI is InChI=1S/C25H32N8.C13H22O4.Ni/c1-7-9-14-32(8-2)18-10-11-19(17(3)15-18)28-21-22(25(4,5)6)31-33-23(29-30-24(21)33)20-16-26-12-13-27-20;1-4-5-6-7-8-9-11(15)12(10(2)14)13(16)17-3;/h10-13,15-16H,7-9,14H2,1-6H3;15H,4-9H2,1-3H3;/q;;+2/p-1. The molecule has 13 heteroatoms. The van der Waals surface area contributed by atoms with E-state index < -0.39 is 17.5 Å². The molecule has 0 saturated carbocycles. The Morgan fingerprint density at radius 3 is 2.24 bits per heavy atom. The van der Waals surface area contributed by atoms with Crippen LogP contribution in [0.3, 0.4) is 0 Å². The number of ether oxygens (including phenoxy) is 1. The minimum Gasteiger partial charge on any atom is -0.875 e. The molecule has 278 valence electrons. The molecule has 0 aliphatic carbocycles. The van der Waals surface area contributed by atoms with Crippen molar-refractivity contribution >= 4 is 34.6 Å². The van der Waals surface area contributed by atoms with E-state index in [4.69, 9.17) is 10.1 Å². The third kappa shape index (κ3) is 11.6. The summed E-state index contributed by atoms with van der Waals surface area (Å²) >= 11 is 0. The number of anilines is 1. The zero-order valence-corrected chi connectivity index (χ0v) is 32.5. The van der Waals surface area contributed by atoms with Crippen LogP contribution in [0, 0.1) is 12.3 Å². The van der Waals surface area contributed by atoms with Crippen molar-refractivity contribution in [2.75, 3.05) is 25.1 Å². The Balaban J connectivity index is 0.000000428. The minimum atomic E-state index is -0.823. The van der Waals surface area contributed by atoms with Gasteiger partial charge in [0.25, 0.3) is 0 Å². The molecule has 0 unspecified atom stereocenters. The molecular formula is C38H53N8NiO4+. The monoisotopic (exact) mass is 743 g/mol. The Labute approximate surface area is 312 Å². The minimum absolute atomic E-state index is 0. The summed E-state index contributed by atoms with van der Waals surface area (Å²) in [5, 5.41) is 25.3. The third-order valence-electron chi connectivity index (χ3n) is 8.25. The number of allylic oxidation sites excluding steroid dienone is 1. The molecule has 3 heterocycles. The van der Waals surface area contributed by atoms with Crippen LogP contribution in [0.5, 0.6) is 0 Å². The number of nitrogens with zero attached hydrogens (tertiary/aromatic N) is 8. The number of hydrogen-bond acceptors (Lipinski definition) is 11. The number of ketones is 1. The molecule has 1 aromatic carbocycles. The van der Waals surface area contributed by atoms with Crippen molar-refractivity contribution in [3.63, 3.8) is 0 Å². The van der Waals surface area contributed by atoms with Gasteiger partial charge in [0.05, 0.1) is 30.3 Å². The molecule has 4 rings (SSSR count). The fourth-order valence-electron chi connectivity index (χ4n) is 5.43. The van der Waals surface area contributed by atoms with E-state index in [2.05, 4.69) is 96.5 Å². The van der Waals surface area contributed by atoms with Gasteiger partial charge in [-0.25, -0.2) is 14.8 Å². The quantitative estimate of drug-likeness (QED) is 0.0312. The van der Waals surface area contributed by atoms with E-state index in [-0.39, 0.29) is 33.9 Å². The summed E-state index contributed by atoms with van der Waals surface area (Å²) in [5.74, 6) is -0.555. The van der Waals surface area contributed by atoms with E-state index in [0.717, 1.165) is 61.4 Å². The fourth-order valence-corrected chi connectivity index (χ4v) is 5.43. The van der Waals surface area contributed by atoms with Crippen molar-refractivity contribution < 1.29 is 35.9 Å². The summed E-state index contributed by atoms with van der Waals surface area (Å²) in [6.07, 6.45) is 12.6. The number of aromatic nitrogens is 5. The number of rotatable bonds is 15. The van der Waals surface area contributed by atoms with Crippen LogP contribution in [-0.2, 0) is 30.8 Å². The van der Waals surface area contributed by atoms with Crippen molar-refractivity contribution in [3.05, 3.63) is 59.5 Å². The summed E-state index contributed by atoms with van der Waals surface area (Å²) in [6.45, 7) is 18.3. The molecule has 0 saturated heterocycles. The molecule has 0 bridgehead atoms. The van der Waals surface area contributed by atoms with E-state index in [1.165, 1.54) is 32.6 Å². The molecule has 3 aromatic rings. The number of carbonyl (C=O) groups is 2. The van der Waals surface area contributed by atoms with Crippen LogP contribution < -0.4 is 10.0 Å². The van der Waals surface area contributed by atoms with Gasteiger partial charge < -0.3 is 14.7 Å². The number of aryl methyl sites for hydroxylation is 1. The van der Waals surface area contributed by atoms with Crippen LogP contribution in [0.2, 0.25) is 0 Å². The summed E-state index contributed by atoms with van der Waals surface area (Å²) < 4.78 is 6.15. The van der Waals surface area contributed by atoms with Crippen LogP contribution in [0.15, 0.2) is 58.2 Å². The number of aliphatic imine (C=N–C) groups is 1. The number of hydrogen-bond donors (Lipinski definition) is 0. The van der Waals surface area contributed by atoms with E-state index in [9.17, 15) is 14.7 Å². The average molecular weight is 745 g/mol. The number of fused-ring (bicyclic) bond motifs is 1. The first-order valence-corrected chi connectivity index (χ1v) is 17.6. The molecular weight excluding hydrogens is 691 g/mol. The van der Waals surface area contributed by atoms with Crippen LogP contribution in [0.25, 0.3) is 11.5 Å². The number of unbranched alkanes of at least 4 members (excludes halogenated alkanes) is 5. The number of Topliss-reactive ketones (excluding diaryl/α,β-unsaturated/α-hetero) is 1. The first kappa shape index (κ1) is 42.9. The second kappa shape index (κ2) is 20.6. The number of esters is 1. The largest absolute Gasteiger partial charge is 2.00 e. The molecule has 0 atom stereocenters. The van der Waals surface area contributed by atoms with Gasteiger partial charge in [-0.3, -0.25) is 9.78 Å². The van der Waals surface area contributed by atoms with Crippen molar-refractivity contribution in [2.45, 2.75) is 107 Å². The predicted molar refractivity (Wildman–Crippen MR) is 197 cm³/mol. The van der Waals surface area contributed by atoms with Crippen LogP contribution >= 0.6 is 0 Å². The maximum absolute atomic E-state index is 11.7. The van der Waals surface area contributed by atoms with Crippen LogP contribution in [0.4, 0.5) is 11.4 Å². The van der Waals surface area contributed by atoms with Gasteiger partial charge in [0.2, 0.25) is 11.6 Å². The molecule has 12 nitrogen and oxygen atoms in total. The Morgan fingerprint density at radius 1 is 0.980 bits per heavy atom. The van der Waals surface area contributed by atoms with Crippen molar-refractivity contribution in [1.29, 1.82) is 0 Å². The molecule has 0 fully saturated rings. The summed E-state index contributed by atoms with van der Waals surface area (Å²) in [4.78, 5) is 38.4. The smallest absolute Gasteiger partial charge is 0.875 e. The molecule has 0 N–H and O–H groups in total. The predicted octanol–water partition coefficient (Wildman–Crippen LogP) is 6.78. The Morgan fingerprint density at radius 2 is 1.67 bits per heavy atom. The van der Waals surface area contributed by atoms with Gasteiger partial charge in [0.15, 0.2) is 5.78 Å². The fraction of sp³-hybridized carbons (Fsp3) is 0.526. The zero-order valence-electron chi connectivity index (χ0n) is 31.6. The second-order valence-corrected chi connectivity index (χ2v) is 13.3. The number of carbonyl (C=O) groups excluding carboxylic acids is 2. The van der Waals surface area contributed by atoms with Crippen LogP contribution in [-0.4, -0.2) is 68.2 Å². The first-order chi connectivity index (χ1) is 23.9. The molecule has 0 spiro atoms. The Kier molecular flexibility index (Phi) is 17.3. The van der Waals surface area contributed by atoms with E-state index in [1.807, 2.05) is 0 Å². The zero-order chi connectivity index (χ0) is 36.8. The molecule has 0 amide bonds. The first-order valence-electron chi connectivity index (χ1n) is 17.6. The SMILES string of the molecule is CCCCCCCC([O-])=C(C(C)=O)C(=O)OC.CCCCN(CC)c1ccc(N=C2C(C(C)(C)C)=Nn3c2nnc3-c2cnccn2)c(C)c1.[Ni+2]. The van der Waals surface area contributed by atoms with Gasteiger partial charge in [-0.05, 0) is 57.4 Å². The Hall–Kier alpha value is -4.25. The molecule has 0 radical (unpaired) electrons. The van der Waals surface area contributed by atoms with Crippen LogP contribution in [0.1, 0.15) is 111 Å². The van der Waals surface area contributed by atoms with Gasteiger partial charge in [-0.2, -0.15) is 9.78 Å². The average Bonchev–Trinajstić information content (AvgIpc) is 3.67. The number of methoxy groups -OCH3 is 1. The maximum Gasteiger partial charge on any atom is 2.00 e. The summed E-state index contributed by atoms with van der Waals surface area (Å²) in [6, 6.07) is 6.47. The van der Waals surface area contributed by atoms with Gasteiger partial charge in [0.1, 0.15) is 11.4 Å². The van der Waals surface area contributed by atoms with Gasteiger partial charge in [0, 0.05) is 36.6 Å². The van der Waals surface area contributed by atoms with E-state index in [1.54, 1.807) is 23.3 Å². The van der Waals surface area contributed by atoms with Crippen molar-refractivity contribution in [1.82, 2.24) is 24.8 Å². The molecule has 1 aliphatic heterocycles. The normalized spacial score (nSPS) is 13.4. The van der Waals surface area contributed by atoms with Gasteiger partial charge in [-0.1, -0.05) is 73.1 Å². The van der Waals surface area contributed by atoms with Crippen molar-refractivity contribution in [2.24, 2.45) is 15.5 Å². The van der Waals surface area contributed by atoms with Gasteiger partial charge >= 0.3 is 22.5 Å². The number of benzene rings is 1. The van der Waals surface area contributed by atoms with Gasteiger partial charge in [-0.15, -0.1) is 16.0 Å². The molecule has 2 aromatic heterocycles. The topological polar surface area (TPSA) is 151 Å². The van der Waals surface area contributed by atoms with E-state index in [0.29, 0.717) is 23.8 Å². The maximum atomic E-state index is 11.7. The Bertz CT molecular complexity index is 1690. The second-order valence-electron chi connectivity index (χ2n) is 13.3. The third-order valence-corrected chi connectivity index (χ3v) is 8.25. The van der Waals surface area contributed by atoms with Crippen molar-refractivity contribution in [3.8, 4) is 11.5 Å². The summed E-state index contributed by atoms with van der Waals surface area (Å²) in [7, 11) is 1.17.